The van der Waals surface area contributed by atoms with Crippen molar-refractivity contribution in [1.82, 2.24) is 4.90 Å². The molecule has 2 N–H and O–H groups in total. The molecule has 0 saturated carbocycles. The van der Waals surface area contributed by atoms with Crippen molar-refractivity contribution in [1.29, 1.82) is 0 Å². The standard InChI is InChI=1S/C19H24N2O2.ClH/c1-14-6-5-7-15(10-14)18-8-3-2-4-9-21(18)19(22)16-11-17(12-20)23-13-16;/h5-7,10-11,13,18H,2-4,8-9,12,20H2,1H3;1H. The first-order chi connectivity index (χ1) is 11.2. The monoisotopic (exact) mass is 348 g/mol. The van der Waals surface area contributed by atoms with Crippen LogP contribution in [0.25, 0.3) is 0 Å². The molecule has 0 aliphatic carbocycles. The fourth-order valence-corrected chi connectivity index (χ4v) is 3.34. The van der Waals surface area contributed by atoms with Crippen molar-refractivity contribution in [3.63, 3.8) is 0 Å². The van der Waals surface area contributed by atoms with E-state index >= 15 is 0 Å². The highest BCUT2D eigenvalue weighted by atomic mass is 35.5. The minimum absolute atomic E-state index is 0. The zero-order valence-corrected chi connectivity index (χ0v) is 14.8. The van der Waals surface area contributed by atoms with Crippen LogP contribution in [0.4, 0.5) is 0 Å². The van der Waals surface area contributed by atoms with Crippen LogP contribution in [0, 0.1) is 6.92 Å². The van der Waals surface area contributed by atoms with Crippen molar-refractivity contribution in [2.45, 2.75) is 45.2 Å². The van der Waals surface area contributed by atoms with E-state index in [2.05, 4.69) is 31.2 Å². The molecular formula is C19H25ClN2O2. The van der Waals surface area contributed by atoms with Crippen LogP contribution in [-0.4, -0.2) is 17.4 Å². The number of rotatable bonds is 3. The first-order valence-corrected chi connectivity index (χ1v) is 8.34. The number of benzene rings is 1. The molecule has 130 valence electrons. The van der Waals surface area contributed by atoms with Gasteiger partial charge in [-0.1, -0.05) is 42.7 Å². The van der Waals surface area contributed by atoms with Gasteiger partial charge in [-0.15, -0.1) is 12.4 Å². The Balaban J connectivity index is 0.00000208. The largest absolute Gasteiger partial charge is 0.467 e. The minimum atomic E-state index is 0. The van der Waals surface area contributed by atoms with E-state index in [4.69, 9.17) is 10.2 Å². The normalized spacial score (nSPS) is 17.9. The highest BCUT2D eigenvalue weighted by Crippen LogP contribution is 2.32. The fraction of sp³-hybridized carbons (Fsp3) is 0.421. The number of nitrogens with two attached hydrogens (primary N) is 1. The molecule has 2 aromatic rings. The van der Waals surface area contributed by atoms with Crippen LogP contribution in [0.15, 0.2) is 41.0 Å². The molecule has 1 aromatic carbocycles. The van der Waals surface area contributed by atoms with E-state index in [1.165, 1.54) is 23.8 Å². The van der Waals surface area contributed by atoms with Gasteiger partial charge < -0.3 is 15.1 Å². The van der Waals surface area contributed by atoms with E-state index in [0.717, 1.165) is 25.8 Å². The second-order valence-corrected chi connectivity index (χ2v) is 6.28. The summed E-state index contributed by atoms with van der Waals surface area (Å²) in [5.41, 5.74) is 8.64. The van der Waals surface area contributed by atoms with Crippen LogP contribution in [0.5, 0.6) is 0 Å². The molecule has 1 aliphatic rings. The fourth-order valence-electron chi connectivity index (χ4n) is 3.34. The summed E-state index contributed by atoms with van der Waals surface area (Å²) in [5.74, 6) is 0.692. The zero-order chi connectivity index (χ0) is 16.2. The zero-order valence-electron chi connectivity index (χ0n) is 14.0. The van der Waals surface area contributed by atoms with E-state index in [0.29, 0.717) is 17.9 Å². The van der Waals surface area contributed by atoms with Crippen LogP contribution in [0.2, 0.25) is 0 Å². The Morgan fingerprint density at radius 2 is 2.12 bits per heavy atom. The van der Waals surface area contributed by atoms with Gasteiger partial charge in [-0.25, -0.2) is 0 Å². The third-order valence-electron chi connectivity index (χ3n) is 4.54. The average Bonchev–Trinajstić information content (AvgIpc) is 2.91. The SMILES string of the molecule is Cc1cccc(C2CCCCCN2C(=O)c2coc(CN)c2)c1.Cl. The van der Waals surface area contributed by atoms with Crippen LogP contribution in [-0.2, 0) is 6.54 Å². The summed E-state index contributed by atoms with van der Waals surface area (Å²) in [4.78, 5) is 15.0. The molecule has 1 saturated heterocycles. The first-order valence-electron chi connectivity index (χ1n) is 8.34. The Morgan fingerprint density at radius 1 is 1.29 bits per heavy atom. The van der Waals surface area contributed by atoms with Crippen molar-refractivity contribution in [2.75, 3.05) is 6.54 Å². The van der Waals surface area contributed by atoms with Gasteiger partial charge in [0.15, 0.2) is 0 Å². The first kappa shape index (κ1) is 18.6. The third kappa shape index (κ3) is 4.00. The summed E-state index contributed by atoms with van der Waals surface area (Å²) < 4.78 is 5.34. The number of halogens is 1. The number of amides is 1. The molecule has 1 fully saturated rings. The maximum Gasteiger partial charge on any atom is 0.257 e. The van der Waals surface area contributed by atoms with Crippen LogP contribution < -0.4 is 5.73 Å². The summed E-state index contributed by atoms with van der Waals surface area (Å²) in [7, 11) is 0. The van der Waals surface area contributed by atoms with Gasteiger partial charge in [0.25, 0.3) is 5.91 Å². The predicted molar refractivity (Wildman–Crippen MR) is 97.3 cm³/mol. The van der Waals surface area contributed by atoms with Crippen LogP contribution in [0.1, 0.15) is 59.0 Å². The summed E-state index contributed by atoms with van der Waals surface area (Å²) in [5, 5.41) is 0. The Hall–Kier alpha value is -1.78. The second-order valence-electron chi connectivity index (χ2n) is 6.28. The number of furan rings is 1. The maximum atomic E-state index is 13.0. The number of carbonyl (C=O) groups excluding carboxylic acids is 1. The summed E-state index contributed by atoms with van der Waals surface area (Å²) in [6.07, 6.45) is 5.92. The maximum absolute atomic E-state index is 13.0. The van der Waals surface area contributed by atoms with E-state index < -0.39 is 0 Å². The molecule has 1 aromatic heterocycles. The predicted octanol–water partition coefficient (Wildman–Crippen LogP) is 4.23. The smallest absolute Gasteiger partial charge is 0.257 e. The molecule has 24 heavy (non-hydrogen) atoms. The molecule has 5 heteroatoms. The van der Waals surface area contributed by atoms with Crippen molar-refractivity contribution in [2.24, 2.45) is 5.73 Å². The van der Waals surface area contributed by atoms with Gasteiger partial charge in [0, 0.05) is 6.54 Å². The number of carbonyl (C=O) groups is 1. The Labute approximate surface area is 149 Å². The molecule has 4 nitrogen and oxygen atoms in total. The van der Waals surface area contributed by atoms with Crippen LogP contribution >= 0.6 is 12.4 Å². The molecule has 1 unspecified atom stereocenters. The van der Waals surface area contributed by atoms with E-state index in [-0.39, 0.29) is 24.4 Å². The molecule has 0 bridgehead atoms. The number of hydrogen-bond donors (Lipinski definition) is 1. The van der Waals surface area contributed by atoms with E-state index in [1.807, 2.05) is 4.90 Å². The number of nitrogens with zero attached hydrogens (tertiary/aromatic N) is 1. The molecule has 1 aliphatic heterocycles. The van der Waals surface area contributed by atoms with Gasteiger partial charge in [0.05, 0.1) is 18.2 Å². The quantitative estimate of drug-likeness (QED) is 0.903. The Kier molecular flexibility index (Phi) is 6.46. The van der Waals surface area contributed by atoms with E-state index in [1.54, 1.807) is 6.07 Å². The summed E-state index contributed by atoms with van der Waals surface area (Å²) in [6.45, 7) is 3.20. The minimum Gasteiger partial charge on any atom is -0.467 e. The lowest BCUT2D eigenvalue weighted by Gasteiger charge is -2.30. The lowest BCUT2D eigenvalue weighted by molar-refractivity contribution is 0.0680. The van der Waals surface area contributed by atoms with Gasteiger partial charge in [0.1, 0.15) is 12.0 Å². The lowest BCUT2D eigenvalue weighted by Crippen LogP contribution is -2.34. The Bertz CT molecular complexity index is 684. The van der Waals surface area contributed by atoms with Gasteiger partial charge in [-0.3, -0.25) is 4.79 Å². The molecular weight excluding hydrogens is 324 g/mol. The van der Waals surface area contributed by atoms with Gasteiger partial charge >= 0.3 is 0 Å². The average molecular weight is 349 g/mol. The molecule has 1 atom stereocenters. The molecule has 2 heterocycles. The van der Waals surface area contributed by atoms with Crippen LogP contribution in [0.3, 0.4) is 0 Å². The lowest BCUT2D eigenvalue weighted by atomic mass is 9.98. The number of hydrogen-bond acceptors (Lipinski definition) is 3. The van der Waals surface area contributed by atoms with Crippen molar-refractivity contribution < 1.29 is 9.21 Å². The second kappa shape index (κ2) is 8.36. The topological polar surface area (TPSA) is 59.5 Å². The van der Waals surface area contributed by atoms with Crippen molar-refractivity contribution >= 4 is 18.3 Å². The Morgan fingerprint density at radius 3 is 2.83 bits per heavy atom. The van der Waals surface area contributed by atoms with Gasteiger partial charge in [0.2, 0.25) is 0 Å². The highest BCUT2D eigenvalue weighted by molar-refractivity contribution is 5.94. The number of likely N-dealkylation sites (tertiary alicyclic amines) is 1. The van der Waals surface area contributed by atoms with Crippen molar-refractivity contribution in [3.8, 4) is 0 Å². The van der Waals surface area contributed by atoms with Crippen molar-refractivity contribution in [3.05, 3.63) is 59.0 Å². The van der Waals surface area contributed by atoms with E-state index in [9.17, 15) is 4.79 Å². The molecule has 3 rings (SSSR count). The number of aryl methyl sites for hydroxylation is 1. The summed E-state index contributed by atoms with van der Waals surface area (Å²) >= 11 is 0. The molecule has 1 amide bonds. The highest BCUT2D eigenvalue weighted by Gasteiger charge is 2.28. The van der Waals surface area contributed by atoms with Gasteiger partial charge in [-0.2, -0.15) is 0 Å². The third-order valence-corrected chi connectivity index (χ3v) is 4.54. The summed E-state index contributed by atoms with van der Waals surface area (Å²) in [6, 6.07) is 10.4. The molecule has 0 spiro atoms. The molecule has 0 radical (unpaired) electrons. The van der Waals surface area contributed by atoms with Gasteiger partial charge in [-0.05, 0) is 31.4 Å².